The van der Waals surface area contributed by atoms with Gasteiger partial charge < -0.3 is 21.9 Å². The highest BCUT2D eigenvalue weighted by atomic mass is 19.1. The third kappa shape index (κ3) is 3.77. The number of aliphatic hydroxyl groups excluding tert-OH is 1. The Kier molecular flexibility index (Phi) is 5.17. The predicted molar refractivity (Wildman–Crippen MR) is 132 cm³/mol. The van der Waals surface area contributed by atoms with E-state index in [-0.39, 0.29) is 17.7 Å². The number of para-hydroxylation sites is 1. The molecule has 2 aromatic carbocycles. The van der Waals surface area contributed by atoms with Crippen molar-refractivity contribution in [3.05, 3.63) is 71.3 Å². The molecule has 2 atom stereocenters. The molecule has 5 heterocycles. The van der Waals surface area contributed by atoms with Crippen molar-refractivity contribution >= 4 is 45.2 Å². The maximum absolute atomic E-state index is 13.6. The zero-order valence-electron chi connectivity index (χ0n) is 19.3. The number of benzene rings is 2. The number of primary amides is 2. The van der Waals surface area contributed by atoms with Gasteiger partial charge in [0.25, 0.3) is 11.8 Å². The molecule has 0 aliphatic carbocycles. The third-order valence-electron chi connectivity index (χ3n) is 6.42. The van der Waals surface area contributed by atoms with E-state index < -0.39 is 17.6 Å². The molecule has 0 radical (unpaired) electrons. The number of hydrogen-bond donors (Lipinski definition) is 6. The Morgan fingerprint density at radius 1 is 0.973 bits per heavy atom. The highest BCUT2D eigenvalue weighted by Gasteiger charge is 2.26. The number of hydrogen-bond acceptors (Lipinski definition) is 6. The van der Waals surface area contributed by atoms with Crippen molar-refractivity contribution in [2.24, 2.45) is 11.5 Å². The molecule has 188 valence electrons. The summed E-state index contributed by atoms with van der Waals surface area (Å²) in [5.41, 5.74) is 15.7. The van der Waals surface area contributed by atoms with E-state index in [0.717, 1.165) is 28.4 Å². The summed E-state index contributed by atoms with van der Waals surface area (Å²) in [5, 5.41) is 18.9. The largest absolute Gasteiger partial charge is 0.392 e. The van der Waals surface area contributed by atoms with E-state index in [1.165, 1.54) is 6.07 Å². The number of H-pyrrole nitrogens is 2. The normalized spacial score (nSPS) is 17.6. The van der Waals surface area contributed by atoms with Crippen LogP contribution in [-0.2, 0) is 0 Å². The average molecular weight is 503 g/mol. The zero-order valence-corrected chi connectivity index (χ0v) is 19.3. The number of aromatic nitrogens is 6. The topological polar surface area (TPSA) is 185 Å². The van der Waals surface area contributed by atoms with Crippen LogP contribution >= 0.6 is 0 Å². The van der Waals surface area contributed by atoms with Crippen LogP contribution in [0.15, 0.2) is 48.7 Å². The molecule has 2 unspecified atom stereocenters. The second-order valence-electron chi connectivity index (χ2n) is 8.86. The second-order valence-corrected chi connectivity index (χ2v) is 8.86. The molecule has 1 saturated heterocycles. The van der Waals surface area contributed by atoms with Crippen molar-refractivity contribution in [3.63, 3.8) is 0 Å². The van der Waals surface area contributed by atoms with Gasteiger partial charge in [-0.1, -0.05) is 6.07 Å². The van der Waals surface area contributed by atoms with Gasteiger partial charge in [0.2, 0.25) is 0 Å². The Labute approximate surface area is 207 Å². The first-order valence-corrected chi connectivity index (χ1v) is 11.5. The van der Waals surface area contributed by atoms with Gasteiger partial charge in [-0.25, -0.2) is 23.4 Å². The van der Waals surface area contributed by atoms with Crippen molar-refractivity contribution in [1.82, 2.24) is 34.5 Å². The number of aliphatic hydroxyl groups is 1. The van der Waals surface area contributed by atoms with Crippen molar-refractivity contribution in [2.75, 3.05) is 6.54 Å². The molecule has 0 saturated carbocycles. The number of nitrogens with zero attached hydrogens (tertiary/aromatic N) is 4. The summed E-state index contributed by atoms with van der Waals surface area (Å²) in [6.07, 6.45) is 1.98. The highest BCUT2D eigenvalue weighted by molar-refractivity contribution is 6.05. The molecule has 7 rings (SSSR count). The Bertz CT molecular complexity index is 1830. The number of fused-ring (bicyclic) bond motifs is 6. The lowest BCUT2D eigenvalue weighted by molar-refractivity contribution is 0.0993. The molecule has 13 heteroatoms. The molecule has 8 N–H and O–H groups in total. The molecule has 4 aromatic heterocycles. The number of carbonyl (C=O) groups excluding carboxylic acids is 2. The van der Waals surface area contributed by atoms with Crippen LogP contribution in [0.25, 0.3) is 33.4 Å². The van der Waals surface area contributed by atoms with E-state index in [0.29, 0.717) is 35.2 Å². The number of nitrogens with two attached hydrogens (primary N) is 2. The van der Waals surface area contributed by atoms with Crippen LogP contribution < -0.4 is 16.8 Å². The summed E-state index contributed by atoms with van der Waals surface area (Å²) in [5.74, 6) is -1.71. The first-order chi connectivity index (χ1) is 17.8. The van der Waals surface area contributed by atoms with Crippen LogP contribution in [-0.4, -0.2) is 58.8 Å². The van der Waals surface area contributed by atoms with Crippen LogP contribution in [0.4, 0.5) is 4.39 Å². The number of amides is 2. The summed E-state index contributed by atoms with van der Waals surface area (Å²) >= 11 is 0. The van der Waals surface area contributed by atoms with Gasteiger partial charge >= 0.3 is 0 Å². The fourth-order valence-corrected chi connectivity index (χ4v) is 4.80. The van der Waals surface area contributed by atoms with E-state index in [1.54, 1.807) is 27.4 Å². The minimum atomic E-state index is -0.711. The lowest BCUT2D eigenvalue weighted by Gasteiger charge is -2.06. The predicted octanol–water partition coefficient (Wildman–Crippen LogP) is 1.36. The molecule has 0 spiro atoms. The molecular formula is C24H22FN9O3. The summed E-state index contributed by atoms with van der Waals surface area (Å²) in [4.78, 5) is 31.5. The quantitative estimate of drug-likeness (QED) is 0.212. The van der Waals surface area contributed by atoms with E-state index in [4.69, 9.17) is 11.5 Å². The van der Waals surface area contributed by atoms with Gasteiger partial charge in [-0.2, -0.15) is 0 Å². The summed E-state index contributed by atoms with van der Waals surface area (Å²) in [6.45, 7) is 0.532. The lowest BCUT2D eigenvalue weighted by atomic mass is 10.1. The van der Waals surface area contributed by atoms with Gasteiger partial charge in [-0.15, -0.1) is 0 Å². The van der Waals surface area contributed by atoms with Crippen molar-refractivity contribution in [1.29, 1.82) is 0 Å². The summed E-state index contributed by atoms with van der Waals surface area (Å²) in [6, 6.07) is 11.3. The third-order valence-corrected chi connectivity index (χ3v) is 6.42. The molecule has 37 heavy (non-hydrogen) atoms. The Balaban J connectivity index is 0.000000146. The SMILES string of the molecule is NC(=O)c1cc(F)cc2nc3cc(C4CC(O)CN4)[nH]n3c12.NC(=O)c1cccc2nc3cc[nH]n3c12. The van der Waals surface area contributed by atoms with Crippen LogP contribution in [0.1, 0.15) is 38.9 Å². The number of β-amino-alcohol motifs (C(OH)–C–C–N with tert-alkyl or cyclic N) is 1. The van der Waals surface area contributed by atoms with E-state index in [1.807, 2.05) is 18.2 Å². The molecule has 0 bridgehead atoms. The Hall–Kier alpha value is -4.75. The van der Waals surface area contributed by atoms with E-state index >= 15 is 0 Å². The first-order valence-electron chi connectivity index (χ1n) is 11.5. The maximum atomic E-state index is 13.6. The monoisotopic (exact) mass is 503 g/mol. The number of aromatic amines is 2. The van der Waals surface area contributed by atoms with E-state index in [2.05, 4.69) is 25.5 Å². The van der Waals surface area contributed by atoms with Gasteiger partial charge in [0, 0.05) is 30.9 Å². The van der Waals surface area contributed by atoms with Gasteiger partial charge in [0.1, 0.15) is 16.9 Å². The summed E-state index contributed by atoms with van der Waals surface area (Å²) < 4.78 is 16.9. The second kappa shape index (κ2) is 8.43. The van der Waals surface area contributed by atoms with Crippen LogP contribution in [0.3, 0.4) is 0 Å². The minimum Gasteiger partial charge on any atom is -0.392 e. The smallest absolute Gasteiger partial charge is 0.251 e. The molecular weight excluding hydrogens is 481 g/mol. The molecule has 1 fully saturated rings. The number of carbonyl (C=O) groups is 2. The Morgan fingerprint density at radius 2 is 1.73 bits per heavy atom. The number of halogens is 1. The van der Waals surface area contributed by atoms with Gasteiger partial charge in [0.15, 0.2) is 11.3 Å². The summed E-state index contributed by atoms with van der Waals surface area (Å²) in [7, 11) is 0. The molecule has 2 amide bonds. The molecule has 1 aliphatic rings. The highest BCUT2D eigenvalue weighted by Crippen LogP contribution is 2.27. The number of rotatable bonds is 3. The van der Waals surface area contributed by atoms with Gasteiger partial charge in [0.05, 0.1) is 40.0 Å². The standard InChI is InChI=1S/C14H14FN5O2.C10H8N4O/c15-6-1-8(14(16)22)13-11(2-6)18-12-4-10(19-20(12)13)9-3-7(21)5-17-9;11-10(15)6-2-1-3-7-9(6)14-8(13-7)4-5-12-14/h1-2,4,7,9,17,19,21H,3,5H2,(H2,16,22);1-5,12H,(H2,11,15). The van der Waals surface area contributed by atoms with E-state index in [9.17, 15) is 19.1 Å². The van der Waals surface area contributed by atoms with Gasteiger partial charge in [-0.3, -0.25) is 19.8 Å². The minimum absolute atomic E-state index is 0.00998. The van der Waals surface area contributed by atoms with Gasteiger partial charge in [-0.05, 0) is 24.6 Å². The van der Waals surface area contributed by atoms with Crippen molar-refractivity contribution in [3.8, 4) is 0 Å². The average Bonchev–Trinajstić information content (AvgIpc) is 3.64. The maximum Gasteiger partial charge on any atom is 0.251 e. The Morgan fingerprint density at radius 3 is 2.46 bits per heavy atom. The number of nitrogens with one attached hydrogen (secondary N) is 3. The fraction of sp³-hybridized carbons (Fsp3) is 0.167. The van der Waals surface area contributed by atoms with Crippen LogP contribution in [0.2, 0.25) is 0 Å². The fourth-order valence-electron chi connectivity index (χ4n) is 4.80. The van der Waals surface area contributed by atoms with Crippen LogP contribution in [0.5, 0.6) is 0 Å². The first kappa shape index (κ1) is 22.7. The van der Waals surface area contributed by atoms with Crippen LogP contribution in [0, 0.1) is 5.82 Å². The zero-order chi connectivity index (χ0) is 25.8. The molecule has 12 nitrogen and oxygen atoms in total. The molecule has 1 aliphatic heterocycles. The molecule has 6 aromatic rings. The van der Waals surface area contributed by atoms with Crippen molar-refractivity contribution in [2.45, 2.75) is 18.6 Å². The van der Waals surface area contributed by atoms with Crippen molar-refractivity contribution < 1.29 is 19.1 Å². The number of imidazole rings is 2. The lowest BCUT2D eigenvalue weighted by Crippen LogP contribution is -2.15.